The summed E-state index contributed by atoms with van der Waals surface area (Å²) in [5.41, 5.74) is 1.88. The molecule has 2 aromatic rings. The van der Waals surface area contributed by atoms with Gasteiger partial charge in [-0.1, -0.05) is 30.3 Å². The molecule has 1 heterocycles. The highest BCUT2D eigenvalue weighted by atomic mass is 127. The zero-order chi connectivity index (χ0) is 19.7. The Kier molecular flexibility index (Phi) is 5.48. The van der Waals surface area contributed by atoms with Gasteiger partial charge in [-0.2, -0.15) is 0 Å². The number of anilines is 1. The summed E-state index contributed by atoms with van der Waals surface area (Å²) in [5.74, 6) is -1.04. The maximum Gasteiger partial charge on any atom is 0.244 e. The molecule has 5 nitrogen and oxygen atoms in total. The molecule has 4 rings (SSSR count). The first-order chi connectivity index (χ1) is 13.5. The van der Waals surface area contributed by atoms with E-state index >= 15 is 0 Å². The van der Waals surface area contributed by atoms with Crippen LogP contribution >= 0.6 is 22.6 Å². The third-order valence-corrected chi connectivity index (χ3v) is 6.44. The van der Waals surface area contributed by atoms with Crippen LogP contribution < -0.4 is 5.32 Å². The van der Waals surface area contributed by atoms with Crippen LogP contribution in [0, 0.1) is 15.4 Å². The number of nitrogens with zero attached hydrogens (tertiary/aromatic N) is 1. The van der Waals surface area contributed by atoms with Crippen molar-refractivity contribution >= 4 is 46.0 Å². The Balaban J connectivity index is 1.42. The molecule has 0 aromatic heterocycles. The van der Waals surface area contributed by atoms with E-state index in [1.165, 1.54) is 5.56 Å². The van der Waals surface area contributed by atoms with Crippen molar-refractivity contribution in [3.63, 3.8) is 0 Å². The molecule has 3 atom stereocenters. The molecular weight excluding hydrogens is 467 g/mol. The topological polar surface area (TPSA) is 66.5 Å². The van der Waals surface area contributed by atoms with Crippen LogP contribution in [0.2, 0.25) is 0 Å². The highest BCUT2D eigenvalue weighted by molar-refractivity contribution is 14.1. The average Bonchev–Trinajstić information content (AvgIpc) is 2.95. The Bertz CT molecular complexity index is 898. The third-order valence-electron chi connectivity index (χ3n) is 5.72. The van der Waals surface area contributed by atoms with Gasteiger partial charge in [0.1, 0.15) is 6.54 Å². The molecule has 1 N–H and O–H groups in total. The summed E-state index contributed by atoms with van der Waals surface area (Å²) in [6, 6.07) is 17.5. The fourth-order valence-electron chi connectivity index (χ4n) is 4.31. The molecule has 0 bridgehead atoms. The van der Waals surface area contributed by atoms with E-state index in [0.29, 0.717) is 24.4 Å². The lowest BCUT2D eigenvalue weighted by atomic mass is 9.73. The monoisotopic (exact) mass is 488 g/mol. The number of likely N-dealkylation sites (tertiary alicyclic amines) is 1. The van der Waals surface area contributed by atoms with Crippen molar-refractivity contribution in [3.05, 3.63) is 63.7 Å². The molecular formula is C22H21IN2O3. The van der Waals surface area contributed by atoms with Gasteiger partial charge in [-0.25, -0.2) is 0 Å². The second kappa shape index (κ2) is 8.03. The number of hydrogen-bond acceptors (Lipinski definition) is 3. The van der Waals surface area contributed by atoms with Gasteiger partial charge in [0.05, 0.1) is 11.8 Å². The van der Waals surface area contributed by atoms with Gasteiger partial charge in [0.2, 0.25) is 17.7 Å². The molecule has 1 saturated heterocycles. The van der Waals surface area contributed by atoms with E-state index in [1.54, 1.807) is 12.1 Å². The second-order valence-electron chi connectivity index (χ2n) is 7.45. The number of nitrogens with one attached hydrogen (secondary N) is 1. The standard InChI is InChI=1S/C22H21IN2O3/c23-16-7-9-17(10-8-16)24-20(26)13-25-21(27)18-11-6-15(12-19(18)22(25)28)14-4-2-1-3-5-14/h1-5,7-10,15,18-19H,6,11-13H2,(H,24,26)/t15-,18+,19+/m0/s1. The molecule has 2 fully saturated rings. The fraction of sp³-hybridized carbons (Fsp3) is 0.318. The molecule has 144 valence electrons. The molecule has 1 saturated carbocycles. The quantitative estimate of drug-likeness (QED) is 0.526. The zero-order valence-electron chi connectivity index (χ0n) is 15.3. The summed E-state index contributed by atoms with van der Waals surface area (Å²) >= 11 is 2.19. The first kappa shape index (κ1) is 19.1. The van der Waals surface area contributed by atoms with Crippen LogP contribution in [0.4, 0.5) is 5.69 Å². The van der Waals surface area contributed by atoms with E-state index in [2.05, 4.69) is 40.0 Å². The lowest BCUT2D eigenvalue weighted by Crippen LogP contribution is -2.38. The third kappa shape index (κ3) is 3.83. The molecule has 0 radical (unpaired) electrons. The normalized spacial score (nSPS) is 24.2. The summed E-state index contributed by atoms with van der Waals surface area (Å²) in [7, 11) is 0. The predicted molar refractivity (Wildman–Crippen MR) is 115 cm³/mol. The van der Waals surface area contributed by atoms with E-state index in [1.807, 2.05) is 30.3 Å². The van der Waals surface area contributed by atoms with Gasteiger partial charge in [0.25, 0.3) is 0 Å². The molecule has 2 aliphatic rings. The molecule has 3 amide bonds. The van der Waals surface area contributed by atoms with Gasteiger partial charge in [-0.15, -0.1) is 0 Å². The minimum Gasteiger partial charge on any atom is -0.325 e. The van der Waals surface area contributed by atoms with Crippen molar-refractivity contribution in [1.29, 1.82) is 0 Å². The van der Waals surface area contributed by atoms with Crippen LogP contribution in [-0.4, -0.2) is 29.2 Å². The zero-order valence-corrected chi connectivity index (χ0v) is 17.5. The highest BCUT2D eigenvalue weighted by Crippen LogP contribution is 2.44. The van der Waals surface area contributed by atoms with Gasteiger partial charge in [-0.3, -0.25) is 19.3 Å². The molecule has 28 heavy (non-hydrogen) atoms. The smallest absolute Gasteiger partial charge is 0.244 e. The number of fused-ring (bicyclic) bond motifs is 1. The van der Waals surface area contributed by atoms with Crippen LogP contribution in [0.5, 0.6) is 0 Å². The Morgan fingerprint density at radius 2 is 1.64 bits per heavy atom. The number of hydrogen-bond donors (Lipinski definition) is 1. The number of amides is 3. The number of imide groups is 1. The Hall–Kier alpha value is -2.22. The largest absolute Gasteiger partial charge is 0.325 e. The maximum absolute atomic E-state index is 12.9. The van der Waals surface area contributed by atoms with Crippen LogP contribution in [0.25, 0.3) is 0 Å². The SMILES string of the molecule is O=C(CN1C(=O)[C@@H]2CC[C@H](c3ccccc3)C[C@H]2C1=O)Nc1ccc(I)cc1. The maximum atomic E-state index is 12.9. The number of benzene rings is 2. The van der Waals surface area contributed by atoms with Crippen molar-refractivity contribution in [2.45, 2.75) is 25.2 Å². The van der Waals surface area contributed by atoms with Crippen molar-refractivity contribution in [2.75, 3.05) is 11.9 Å². The molecule has 0 spiro atoms. The summed E-state index contributed by atoms with van der Waals surface area (Å²) in [4.78, 5) is 39.2. The van der Waals surface area contributed by atoms with Gasteiger partial charge in [-0.05, 0) is 77.6 Å². The molecule has 6 heteroatoms. The van der Waals surface area contributed by atoms with E-state index in [-0.39, 0.29) is 36.1 Å². The number of carbonyl (C=O) groups is 3. The first-order valence-corrected chi connectivity index (χ1v) is 10.6. The lowest BCUT2D eigenvalue weighted by molar-refractivity contribution is -0.142. The van der Waals surface area contributed by atoms with Crippen molar-refractivity contribution in [2.24, 2.45) is 11.8 Å². The second-order valence-corrected chi connectivity index (χ2v) is 8.70. The predicted octanol–water partition coefficient (Wildman–Crippen LogP) is 3.80. The van der Waals surface area contributed by atoms with Crippen molar-refractivity contribution in [1.82, 2.24) is 4.90 Å². The Morgan fingerprint density at radius 1 is 0.964 bits per heavy atom. The van der Waals surface area contributed by atoms with Gasteiger partial charge in [0, 0.05) is 9.26 Å². The number of carbonyl (C=O) groups excluding carboxylic acids is 3. The van der Waals surface area contributed by atoms with Crippen LogP contribution in [-0.2, 0) is 14.4 Å². The van der Waals surface area contributed by atoms with Crippen molar-refractivity contribution in [3.8, 4) is 0 Å². The number of halogens is 1. The van der Waals surface area contributed by atoms with E-state index in [4.69, 9.17) is 0 Å². The van der Waals surface area contributed by atoms with E-state index in [0.717, 1.165) is 14.9 Å². The first-order valence-electron chi connectivity index (χ1n) is 9.48. The Morgan fingerprint density at radius 3 is 2.36 bits per heavy atom. The van der Waals surface area contributed by atoms with E-state index in [9.17, 15) is 14.4 Å². The van der Waals surface area contributed by atoms with Crippen LogP contribution in [0.15, 0.2) is 54.6 Å². The lowest BCUT2D eigenvalue weighted by Gasteiger charge is -2.28. The highest BCUT2D eigenvalue weighted by Gasteiger charge is 2.50. The van der Waals surface area contributed by atoms with Gasteiger partial charge < -0.3 is 5.32 Å². The minimum absolute atomic E-state index is 0.195. The number of rotatable bonds is 4. The minimum atomic E-state index is -0.346. The van der Waals surface area contributed by atoms with Gasteiger partial charge >= 0.3 is 0 Å². The fourth-order valence-corrected chi connectivity index (χ4v) is 4.67. The van der Waals surface area contributed by atoms with Crippen LogP contribution in [0.3, 0.4) is 0 Å². The summed E-state index contributed by atoms with van der Waals surface area (Å²) in [5, 5.41) is 2.76. The molecule has 2 aromatic carbocycles. The van der Waals surface area contributed by atoms with E-state index < -0.39 is 0 Å². The molecule has 1 aliphatic heterocycles. The van der Waals surface area contributed by atoms with Crippen LogP contribution in [0.1, 0.15) is 30.7 Å². The average molecular weight is 488 g/mol. The summed E-state index contributed by atoms with van der Waals surface area (Å²) < 4.78 is 1.07. The van der Waals surface area contributed by atoms with Crippen molar-refractivity contribution < 1.29 is 14.4 Å². The summed E-state index contributed by atoms with van der Waals surface area (Å²) in [6.45, 7) is -0.216. The Labute approximate surface area is 177 Å². The summed E-state index contributed by atoms with van der Waals surface area (Å²) in [6.07, 6.45) is 2.27. The van der Waals surface area contributed by atoms with Gasteiger partial charge in [0.15, 0.2) is 0 Å². The molecule has 1 aliphatic carbocycles. The molecule has 0 unspecified atom stereocenters.